The van der Waals surface area contributed by atoms with Gasteiger partial charge in [-0.15, -0.1) is 0 Å². The van der Waals surface area contributed by atoms with Crippen molar-refractivity contribution in [3.8, 4) is 0 Å². The van der Waals surface area contributed by atoms with Gasteiger partial charge in [-0.05, 0) is 66.2 Å². The van der Waals surface area contributed by atoms with Crippen molar-refractivity contribution in [2.75, 3.05) is 0 Å². The highest BCUT2D eigenvalue weighted by atomic mass is 79.9. The summed E-state index contributed by atoms with van der Waals surface area (Å²) in [5, 5.41) is 5.57. The third-order valence-corrected chi connectivity index (χ3v) is 4.83. The van der Waals surface area contributed by atoms with Gasteiger partial charge in [-0.2, -0.15) is 0 Å². The normalized spacial score (nSPS) is 15.4. The van der Waals surface area contributed by atoms with Crippen molar-refractivity contribution in [2.45, 2.75) is 50.7 Å². The molecule has 0 saturated carbocycles. The minimum Gasteiger partial charge on any atom is -0.251 e. The monoisotopic (exact) mass is 332 g/mol. The maximum atomic E-state index is 11.6. The van der Waals surface area contributed by atoms with E-state index in [1.807, 2.05) is 26.0 Å². The molecule has 0 fully saturated rings. The first-order valence-electron chi connectivity index (χ1n) is 6.14. The van der Waals surface area contributed by atoms with Crippen molar-refractivity contribution in [3.63, 3.8) is 0 Å². The Kier molecular flexibility index (Phi) is 5.95. The van der Waals surface area contributed by atoms with Gasteiger partial charge in [0.2, 0.25) is 0 Å². The molecule has 1 heterocycles. The van der Waals surface area contributed by atoms with Crippen LogP contribution in [-0.2, 0) is 11.0 Å². The second-order valence-corrected chi connectivity index (χ2v) is 7.67. The van der Waals surface area contributed by atoms with Crippen molar-refractivity contribution in [1.82, 2.24) is 4.98 Å². The maximum Gasteiger partial charge on any atom is 0.106 e. The average molecular weight is 333 g/mol. The highest BCUT2D eigenvalue weighted by Gasteiger charge is 2.28. The Hall–Kier alpha value is -0.260. The Morgan fingerprint density at radius 2 is 2.22 bits per heavy atom. The number of hydrogen-bond acceptors (Lipinski definition) is 2. The standard InChI is InChI=1S/C13H21BrN2OS/c1-4-5-11(9-13(2,3)18(15)17)10-6-7-16-12(14)8-10/h6-8,11H,4-5,9,15H2,1-3H3/t11-,18?/m0/s1. The molecule has 5 heteroatoms. The lowest BCUT2D eigenvalue weighted by Crippen LogP contribution is -2.33. The van der Waals surface area contributed by atoms with E-state index in [1.54, 1.807) is 6.20 Å². The van der Waals surface area contributed by atoms with Crippen molar-refractivity contribution < 1.29 is 4.21 Å². The Labute approximate surface area is 120 Å². The Balaban J connectivity index is 2.93. The molecule has 0 aliphatic heterocycles. The van der Waals surface area contributed by atoms with Crippen LogP contribution in [0, 0.1) is 0 Å². The van der Waals surface area contributed by atoms with E-state index in [4.69, 9.17) is 5.14 Å². The molecule has 1 aromatic heterocycles. The topological polar surface area (TPSA) is 56.0 Å². The predicted molar refractivity (Wildman–Crippen MR) is 80.6 cm³/mol. The summed E-state index contributed by atoms with van der Waals surface area (Å²) < 4.78 is 12.0. The summed E-state index contributed by atoms with van der Waals surface area (Å²) in [7, 11) is -1.31. The summed E-state index contributed by atoms with van der Waals surface area (Å²) >= 11 is 3.39. The van der Waals surface area contributed by atoms with Crippen molar-refractivity contribution >= 4 is 26.9 Å². The number of aromatic nitrogens is 1. The van der Waals surface area contributed by atoms with Crippen molar-refractivity contribution in [2.24, 2.45) is 5.14 Å². The number of nitrogens with two attached hydrogens (primary N) is 1. The van der Waals surface area contributed by atoms with Crippen LogP contribution in [-0.4, -0.2) is 13.9 Å². The van der Waals surface area contributed by atoms with E-state index in [2.05, 4.69) is 27.8 Å². The largest absolute Gasteiger partial charge is 0.251 e. The molecule has 1 rings (SSSR count). The fourth-order valence-electron chi connectivity index (χ4n) is 2.08. The van der Waals surface area contributed by atoms with Crippen LogP contribution in [0.4, 0.5) is 0 Å². The fourth-order valence-corrected chi connectivity index (χ4v) is 2.83. The van der Waals surface area contributed by atoms with E-state index in [0.717, 1.165) is 23.9 Å². The molecule has 0 aliphatic rings. The summed E-state index contributed by atoms with van der Waals surface area (Å²) in [6.45, 7) is 6.08. The van der Waals surface area contributed by atoms with Crippen LogP contribution in [0.25, 0.3) is 0 Å². The molecule has 0 amide bonds. The van der Waals surface area contributed by atoms with Gasteiger partial charge in [0.1, 0.15) is 4.60 Å². The molecule has 0 aromatic carbocycles. The number of nitrogens with zero attached hydrogens (tertiary/aromatic N) is 1. The lowest BCUT2D eigenvalue weighted by molar-refractivity contribution is 0.489. The zero-order chi connectivity index (χ0) is 13.8. The van der Waals surface area contributed by atoms with Crippen LogP contribution in [0.2, 0.25) is 0 Å². The number of halogens is 1. The van der Waals surface area contributed by atoms with Crippen molar-refractivity contribution in [3.05, 3.63) is 28.5 Å². The zero-order valence-corrected chi connectivity index (χ0v) is 13.6. The van der Waals surface area contributed by atoms with Gasteiger partial charge in [-0.25, -0.2) is 9.19 Å². The third kappa shape index (κ3) is 4.44. The molecule has 0 bridgehead atoms. The van der Waals surface area contributed by atoms with Gasteiger partial charge >= 0.3 is 0 Å². The third-order valence-electron chi connectivity index (χ3n) is 3.14. The van der Waals surface area contributed by atoms with Crippen LogP contribution >= 0.6 is 15.9 Å². The molecule has 0 radical (unpaired) electrons. The van der Waals surface area contributed by atoms with Gasteiger partial charge in [0.15, 0.2) is 0 Å². The summed E-state index contributed by atoms with van der Waals surface area (Å²) in [6, 6.07) is 4.07. The van der Waals surface area contributed by atoms with Gasteiger partial charge in [-0.1, -0.05) is 13.3 Å². The maximum absolute atomic E-state index is 11.6. The molecule has 2 N–H and O–H groups in total. The van der Waals surface area contributed by atoms with E-state index in [0.29, 0.717) is 5.92 Å². The predicted octanol–water partition coefficient (Wildman–Crippen LogP) is 3.52. The summed E-state index contributed by atoms with van der Waals surface area (Å²) in [6.07, 6.45) is 4.78. The first kappa shape index (κ1) is 15.8. The van der Waals surface area contributed by atoms with Crippen molar-refractivity contribution in [1.29, 1.82) is 0 Å². The second-order valence-electron chi connectivity index (χ2n) is 5.16. The minimum atomic E-state index is -1.31. The number of pyridine rings is 1. The summed E-state index contributed by atoms with van der Waals surface area (Å²) in [5.41, 5.74) is 1.23. The average Bonchev–Trinajstić information content (AvgIpc) is 2.28. The molecule has 1 unspecified atom stereocenters. The molecule has 0 aliphatic carbocycles. The van der Waals surface area contributed by atoms with E-state index < -0.39 is 11.0 Å². The highest BCUT2D eigenvalue weighted by Crippen LogP contribution is 2.32. The van der Waals surface area contributed by atoms with Gasteiger partial charge in [-0.3, -0.25) is 5.14 Å². The highest BCUT2D eigenvalue weighted by molar-refractivity contribution is 9.10. The number of hydrogen-bond donors (Lipinski definition) is 1. The van der Waals surface area contributed by atoms with Crippen LogP contribution in [0.5, 0.6) is 0 Å². The molecular weight excluding hydrogens is 312 g/mol. The smallest absolute Gasteiger partial charge is 0.106 e. The van der Waals surface area contributed by atoms with E-state index in [-0.39, 0.29) is 4.75 Å². The quantitative estimate of drug-likeness (QED) is 0.810. The van der Waals surface area contributed by atoms with Gasteiger partial charge in [0.05, 0.1) is 15.7 Å². The van der Waals surface area contributed by atoms with Gasteiger partial charge in [0, 0.05) is 6.20 Å². The molecule has 18 heavy (non-hydrogen) atoms. The first-order chi connectivity index (χ1) is 8.36. The molecule has 3 nitrogen and oxygen atoms in total. The molecule has 0 spiro atoms. The summed E-state index contributed by atoms with van der Waals surface area (Å²) in [4.78, 5) is 4.15. The zero-order valence-electron chi connectivity index (χ0n) is 11.1. The molecular formula is C13H21BrN2OS. The van der Waals surface area contributed by atoms with Crippen LogP contribution in [0.3, 0.4) is 0 Å². The van der Waals surface area contributed by atoms with Crippen LogP contribution in [0.1, 0.15) is 51.5 Å². The Morgan fingerprint density at radius 3 is 2.72 bits per heavy atom. The summed E-state index contributed by atoms with van der Waals surface area (Å²) in [5.74, 6) is 0.372. The van der Waals surface area contributed by atoms with E-state index in [1.165, 1.54) is 5.56 Å². The Morgan fingerprint density at radius 1 is 1.56 bits per heavy atom. The second kappa shape index (κ2) is 6.78. The molecule has 1 aromatic rings. The SMILES string of the molecule is CCC[C@@H](CC(C)(C)S(N)=O)c1ccnc(Br)c1. The molecule has 0 saturated heterocycles. The van der Waals surface area contributed by atoms with E-state index in [9.17, 15) is 4.21 Å². The first-order valence-corrected chi connectivity index (χ1v) is 8.15. The van der Waals surface area contributed by atoms with E-state index >= 15 is 0 Å². The van der Waals surface area contributed by atoms with Crippen LogP contribution < -0.4 is 5.14 Å². The lowest BCUT2D eigenvalue weighted by atomic mass is 9.87. The minimum absolute atomic E-state index is 0.365. The fraction of sp³-hybridized carbons (Fsp3) is 0.615. The number of rotatable bonds is 6. The molecule has 2 atom stereocenters. The van der Waals surface area contributed by atoms with Gasteiger partial charge < -0.3 is 0 Å². The van der Waals surface area contributed by atoms with Crippen LogP contribution in [0.15, 0.2) is 22.9 Å². The van der Waals surface area contributed by atoms with Gasteiger partial charge in [0.25, 0.3) is 0 Å². The molecule has 102 valence electrons. The lowest BCUT2D eigenvalue weighted by Gasteiger charge is -2.27. The Bertz CT molecular complexity index is 423.